The molecule has 1 aromatic carbocycles. The maximum atomic E-state index is 6.35. The van der Waals surface area contributed by atoms with E-state index in [1.165, 1.54) is 18.4 Å². The Morgan fingerprint density at radius 3 is 2.74 bits per heavy atom. The number of aromatic nitrogens is 2. The molecule has 2 aliphatic rings. The number of halogens is 1. The summed E-state index contributed by atoms with van der Waals surface area (Å²) in [6, 6.07) is 11.3. The summed E-state index contributed by atoms with van der Waals surface area (Å²) < 4.78 is 0. The molecule has 2 aromatic rings. The average molecular weight is 329 g/mol. The van der Waals surface area contributed by atoms with Gasteiger partial charge in [-0.25, -0.2) is 9.97 Å². The highest BCUT2D eigenvalue weighted by Gasteiger charge is 2.29. The molecule has 4 rings (SSSR count). The van der Waals surface area contributed by atoms with E-state index in [-0.39, 0.29) is 6.04 Å². The van der Waals surface area contributed by atoms with Gasteiger partial charge >= 0.3 is 0 Å². The molecule has 0 radical (unpaired) electrons. The molecule has 0 amide bonds. The molecule has 1 aliphatic carbocycles. The Balaban J connectivity index is 1.55. The second-order valence-electron chi connectivity index (χ2n) is 6.50. The summed E-state index contributed by atoms with van der Waals surface area (Å²) in [6.45, 7) is 4.13. The second kappa shape index (κ2) is 6.10. The number of nitrogens with one attached hydrogen (secondary N) is 1. The molecule has 0 spiro atoms. The van der Waals surface area contributed by atoms with E-state index < -0.39 is 0 Å². The van der Waals surface area contributed by atoms with Gasteiger partial charge in [0.15, 0.2) is 11.0 Å². The van der Waals surface area contributed by atoms with E-state index >= 15 is 0 Å². The van der Waals surface area contributed by atoms with Crippen LogP contribution in [0.25, 0.3) is 0 Å². The van der Waals surface area contributed by atoms with Crippen LogP contribution >= 0.6 is 11.6 Å². The minimum Gasteiger partial charge on any atom is -0.365 e. The van der Waals surface area contributed by atoms with Gasteiger partial charge in [-0.15, -0.1) is 0 Å². The third-order valence-corrected chi connectivity index (χ3v) is 4.95. The lowest BCUT2D eigenvalue weighted by Crippen LogP contribution is -2.35. The van der Waals surface area contributed by atoms with Crippen molar-refractivity contribution in [3.8, 4) is 0 Å². The molecular formula is C18H21ClN4. The lowest BCUT2D eigenvalue weighted by Gasteiger charge is -2.34. The molecule has 1 saturated carbocycles. The van der Waals surface area contributed by atoms with Crippen LogP contribution in [-0.4, -0.2) is 27.5 Å². The predicted octanol–water partition coefficient (Wildman–Crippen LogP) is 3.82. The molecular weight excluding hydrogens is 308 g/mol. The van der Waals surface area contributed by atoms with Crippen LogP contribution in [0.4, 0.5) is 5.82 Å². The van der Waals surface area contributed by atoms with Crippen molar-refractivity contribution in [3.63, 3.8) is 0 Å². The average Bonchev–Trinajstić information content (AvgIpc) is 3.37. The predicted molar refractivity (Wildman–Crippen MR) is 92.7 cm³/mol. The third kappa shape index (κ3) is 3.19. The molecule has 1 N–H and O–H groups in total. The number of hydrogen-bond donors (Lipinski definition) is 1. The lowest BCUT2D eigenvalue weighted by atomic mass is 10.0. The normalized spacial score (nSPS) is 21.0. The van der Waals surface area contributed by atoms with Crippen LogP contribution in [-0.2, 0) is 13.0 Å². The minimum absolute atomic E-state index is 0.235. The zero-order valence-corrected chi connectivity index (χ0v) is 14.1. The van der Waals surface area contributed by atoms with Crippen molar-refractivity contribution >= 4 is 17.4 Å². The summed E-state index contributed by atoms with van der Waals surface area (Å²) in [5, 5.41) is 3.88. The first-order chi connectivity index (χ1) is 11.2. The molecule has 1 atom stereocenters. The quantitative estimate of drug-likeness (QED) is 0.926. The van der Waals surface area contributed by atoms with Crippen molar-refractivity contribution in [3.05, 3.63) is 52.4 Å². The number of fused-ring (bicyclic) bond motifs is 1. The largest absolute Gasteiger partial charge is 0.365 e. The Labute approximate surface area is 141 Å². The van der Waals surface area contributed by atoms with Crippen LogP contribution in [0.15, 0.2) is 30.3 Å². The topological polar surface area (TPSA) is 41.1 Å². The Morgan fingerprint density at radius 1 is 1.22 bits per heavy atom. The van der Waals surface area contributed by atoms with Crippen LogP contribution < -0.4 is 5.32 Å². The zero-order valence-electron chi connectivity index (χ0n) is 13.3. The lowest BCUT2D eigenvalue weighted by molar-refractivity contribution is 0.183. The first-order valence-corrected chi connectivity index (χ1v) is 8.69. The molecule has 1 fully saturated rings. The highest BCUT2D eigenvalue weighted by atomic mass is 35.5. The first kappa shape index (κ1) is 14.9. The van der Waals surface area contributed by atoms with Gasteiger partial charge in [0.25, 0.3) is 0 Å². The van der Waals surface area contributed by atoms with E-state index in [9.17, 15) is 0 Å². The number of benzene rings is 1. The van der Waals surface area contributed by atoms with E-state index in [0.29, 0.717) is 11.2 Å². The van der Waals surface area contributed by atoms with Gasteiger partial charge in [0, 0.05) is 25.6 Å². The number of rotatable bonds is 4. The Kier molecular flexibility index (Phi) is 3.95. The van der Waals surface area contributed by atoms with Crippen molar-refractivity contribution in [2.75, 3.05) is 11.9 Å². The van der Waals surface area contributed by atoms with Crippen LogP contribution in [0.3, 0.4) is 0 Å². The molecule has 0 bridgehead atoms. The molecule has 0 saturated heterocycles. The summed E-state index contributed by atoms with van der Waals surface area (Å²) in [5.74, 6) is 0.761. The Bertz CT molecular complexity index is 700. The summed E-state index contributed by atoms with van der Waals surface area (Å²) in [7, 11) is 0. The van der Waals surface area contributed by atoms with Crippen molar-refractivity contribution in [1.82, 2.24) is 14.9 Å². The second-order valence-corrected chi connectivity index (χ2v) is 6.85. The zero-order chi connectivity index (χ0) is 15.8. The molecule has 1 aromatic heterocycles. The van der Waals surface area contributed by atoms with Gasteiger partial charge in [0.2, 0.25) is 0 Å². The van der Waals surface area contributed by atoms with E-state index in [0.717, 1.165) is 36.7 Å². The fourth-order valence-corrected chi connectivity index (χ4v) is 3.33. The summed E-state index contributed by atoms with van der Waals surface area (Å²) in [6.07, 6.45) is 3.34. The molecule has 1 aliphatic heterocycles. The van der Waals surface area contributed by atoms with Crippen molar-refractivity contribution < 1.29 is 0 Å². The minimum atomic E-state index is 0.235. The Hall–Kier alpha value is -1.65. The summed E-state index contributed by atoms with van der Waals surface area (Å²) >= 11 is 6.35. The molecule has 23 heavy (non-hydrogen) atoms. The van der Waals surface area contributed by atoms with Gasteiger partial charge in [-0.05, 0) is 25.3 Å². The number of hydrogen-bond acceptors (Lipinski definition) is 4. The SMILES string of the molecule is CC1c2nc(Cl)c(NC3CC3)nc2CCN1Cc1ccccc1. The number of nitrogens with zero attached hydrogens (tertiary/aromatic N) is 3. The maximum absolute atomic E-state index is 6.35. The molecule has 2 heterocycles. The van der Waals surface area contributed by atoms with Crippen LogP contribution in [0.5, 0.6) is 0 Å². The van der Waals surface area contributed by atoms with E-state index in [2.05, 4.69) is 52.5 Å². The van der Waals surface area contributed by atoms with E-state index in [4.69, 9.17) is 16.6 Å². The van der Waals surface area contributed by atoms with Crippen molar-refractivity contribution in [2.45, 2.75) is 44.8 Å². The number of anilines is 1. The first-order valence-electron chi connectivity index (χ1n) is 8.31. The fourth-order valence-electron chi connectivity index (χ4n) is 3.14. The highest BCUT2D eigenvalue weighted by molar-refractivity contribution is 6.31. The monoisotopic (exact) mass is 328 g/mol. The molecule has 1 unspecified atom stereocenters. The fraction of sp³-hybridized carbons (Fsp3) is 0.444. The van der Waals surface area contributed by atoms with Gasteiger partial charge < -0.3 is 5.32 Å². The van der Waals surface area contributed by atoms with Crippen molar-refractivity contribution in [1.29, 1.82) is 0 Å². The van der Waals surface area contributed by atoms with Crippen LogP contribution in [0.1, 0.15) is 42.8 Å². The van der Waals surface area contributed by atoms with Gasteiger partial charge in [-0.3, -0.25) is 4.90 Å². The van der Waals surface area contributed by atoms with E-state index in [1.54, 1.807) is 0 Å². The summed E-state index contributed by atoms with van der Waals surface area (Å²) in [5.41, 5.74) is 3.45. The Morgan fingerprint density at radius 2 is 2.00 bits per heavy atom. The third-order valence-electron chi connectivity index (χ3n) is 4.68. The van der Waals surface area contributed by atoms with Gasteiger partial charge in [-0.2, -0.15) is 0 Å². The summed E-state index contributed by atoms with van der Waals surface area (Å²) in [4.78, 5) is 11.9. The van der Waals surface area contributed by atoms with Crippen LogP contribution in [0.2, 0.25) is 5.15 Å². The standard InChI is InChI=1S/C18H21ClN4/c1-12-16-15(21-18(17(19)22-16)20-14-7-8-14)9-10-23(12)11-13-5-3-2-4-6-13/h2-6,12,14H,7-11H2,1H3,(H,20,21). The molecule has 4 nitrogen and oxygen atoms in total. The molecule has 5 heteroatoms. The smallest absolute Gasteiger partial charge is 0.171 e. The van der Waals surface area contributed by atoms with E-state index in [1.807, 2.05) is 0 Å². The van der Waals surface area contributed by atoms with Gasteiger partial charge in [0.05, 0.1) is 17.4 Å². The maximum Gasteiger partial charge on any atom is 0.171 e. The molecule has 120 valence electrons. The highest BCUT2D eigenvalue weighted by Crippen LogP contribution is 2.33. The van der Waals surface area contributed by atoms with Crippen LogP contribution in [0, 0.1) is 0 Å². The van der Waals surface area contributed by atoms with Crippen molar-refractivity contribution in [2.24, 2.45) is 0 Å². The van der Waals surface area contributed by atoms with Gasteiger partial charge in [-0.1, -0.05) is 41.9 Å². The van der Waals surface area contributed by atoms with Gasteiger partial charge in [0.1, 0.15) is 0 Å².